The lowest BCUT2D eigenvalue weighted by Gasteiger charge is -2.13. The molecule has 0 aromatic heterocycles. The summed E-state index contributed by atoms with van der Waals surface area (Å²) in [4.78, 5) is 10.3. The van der Waals surface area contributed by atoms with Gasteiger partial charge in [-0.25, -0.2) is 4.39 Å². The van der Waals surface area contributed by atoms with Crippen LogP contribution in [0.5, 0.6) is 5.75 Å². The van der Waals surface area contributed by atoms with Crippen LogP contribution in [0.15, 0.2) is 42.5 Å². The molecule has 114 valence electrons. The van der Waals surface area contributed by atoms with Gasteiger partial charge in [0.2, 0.25) is 0 Å². The van der Waals surface area contributed by atoms with E-state index in [4.69, 9.17) is 17.0 Å². The first kappa shape index (κ1) is 15.6. The molecule has 0 heterocycles. The van der Waals surface area contributed by atoms with Gasteiger partial charge in [0.05, 0.1) is 17.7 Å². The van der Waals surface area contributed by atoms with Crippen molar-refractivity contribution in [3.05, 3.63) is 58.4 Å². The van der Waals surface area contributed by atoms with Gasteiger partial charge < -0.3 is 15.4 Å². The number of non-ortho nitro benzene ring substituents is 1. The monoisotopic (exact) mass is 321 g/mol. The van der Waals surface area contributed by atoms with Gasteiger partial charge in [0.25, 0.3) is 5.69 Å². The first-order chi connectivity index (χ1) is 10.5. The van der Waals surface area contributed by atoms with Gasteiger partial charge in [0.1, 0.15) is 11.6 Å². The molecular weight excluding hydrogens is 309 g/mol. The Kier molecular flexibility index (Phi) is 4.84. The number of nitro groups is 1. The Hall–Kier alpha value is -2.74. The van der Waals surface area contributed by atoms with Crippen LogP contribution in [0.1, 0.15) is 0 Å². The molecule has 0 atom stereocenters. The number of hydrogen-bond acceptors (Lipinski definition) is 4. The third-order valence-electron chi connectivity index (χ3n) is 2.74. The second-order valence-electron chi connectivity index (χ2n) is 4.23. The maximum Gasteiger partial charge on any atom is 0.271 e. The summed E-state index contributed by atoms with van der Waals surface area (Å²) in [5.41, 5.74) is 0.854. The highest BCUT2D eigenvalue weighted by Gasteiger charge is 2.12. The van der Waals surface area contributed by atoms with Gasteiger partial charge in [-0.15, -0.1) is 0 Å². The van der Waals surface area contributed by atoms with E-state index < -0.39 is 4.92 Å². The number of halogens is 1. The zero-order valence-electron chi connectivity index (χ0n) is 11.5. The molecule has 22 heavy (non-hydrogen) atoms. The van der Waals surface area contributed by atoms with E-state index in [0.29, 0.717) is 17.1 Å². The molecular formula is C14H12FN3O3S. The molecule has 0 aliphatic carbocycles. The molecule has 0 spiro atoms. The topological polar surface area (TPSA) is 76.4 Å². The summed E-state index contributed by atoms with van der Waals surface area (Å²) in [5.74, 6) is 0.0543. The Labute approximate surface area is 131 Å². The fourth-order valence-electron chi connectivity index (χ4n) is 1.73. The van der Waals surface area contributed by atoms with Crippen LogP contribution < -0.4 is 15.4 Å². The highest BCUT2D eigenvalue weighted by Crippen LogP contribution is 2.29. The molecule has 2 rings (SSSR count). The van der Waals surface area contributed by atoms with Gasteiger partial charge in [-0.1, -0.05) is 0 Å². The Balaban J connectivity index is 2.14. The molecule has 0 unspecified atom stereocenters. The average molecular weight is 321 g/mol. The highest BCUT2D eigenvalue weighted by atomic mass is 32.1. The molecule has 2 aromatic rings. The van der Waals surface area contributed by atoms with E-state index in [1.807, 2.05) is 0 Å². The van der Waals surface area contributed by atoms with Crippen molar-refractivity contribution in [2.75, 3.05) is 17.7 Å². The second kappa shape index (κ2) is 6.81. The number of methoxy groups -OCH3 is 1. The van der Waals surface area contributed by atoms with Crippen LogP contribution >= 0.6 is 12.2 Å². The molecule has 2 aromatic carbocycles. The molecule has 0 saturated heterocycles. The van der Waals surface area contributed by atoms with Crippen molar-refractivity contribution in [2.45, 2.75) is 0 Å². The lowest BCUT2D eigenvalue weighted by molar-refractivity contribution is -0.384. The minimum atomic E-state index is -0.513. The van der Waals surface area contributed by atoms with E-state index in [9.17, 15) is 14.5 Å². The van der Waals surface area contributed by atoms with Crippen molar-refractivity contribution in [1.82, 2.24) is 0 Å². The third kappa shape index (κ3) is 3.89. The number of anilines is 2. The van der Waals surface area contributed by atoms with Gasteiger partial charge in [0.15, 0.2) is 5.11 Å². The smallest absolute Gasteiger partial charge is 0.271 e. The number of rotatable bonds is 4. The fraction of sp³-hybridized carbons (Fsp3) is 0.0714. The van der Waals surface area contributed by atoms with Crippen LogP contribution in [0.2, 0.25) is 0 Å². The van der Waals surface area contributed by atoms with Crippen LogP contribution in [0.4, 0.5) is 21.5 Å². The number of benzene rings is 2. The summed E-state index contributed by atoms with van der Waals surface area (Å²) in [6.07, 6.45) is 0. The van der Waals surface area contributed by atoms with E-state index in [-0.39, 0.29) is 16.6 Å². The first-order valence-electron chi connectivity index (χ1n) is 6.15. The maximum absolute atomic E-state index is 12.8. The number of nitro benzene ring substituents is 1. The molecule has 0 fully saturated rings. The molecule has 0 saturated carbocycles. The van der Waals surface area contributed by atoms with E-state index in [0.717, 1.165) is 0 Å². The standard InChI is InChI=1S/C14H12FN3O3S/c1-21-13-7-6-11(18(19)20)8-12(13)17-14(22)16-10-4-2-9(15)3-5-10/h2-8H,1H3,(H2,16,17,22). The van der Waals surface area contributed by atoms with Crippen LogP contribution in [0.3, 0.4) is 0 Å². The SMILES string of the molecule is COc1ccc([N+](=O)[O-])cc1NC(=S)Nc1ccc(F)cc1. The molecule has 0 bridgehead atoms. The number of ether oxygens (including phenoxy) is 1. The Morgan fingerprint density at radius 1 is 1.23 bits per heavy atom. The number of nitrogens with zero attached hydrogens (tertiary/aromatic N) is 1. The van der Waals surface area contributed by atoms with Gasteiger partial charge in [-0.2, -0.15) is 0 Å². The molecule has 0 aliphatic heterocycles. The van der Waals surface area contributed by atoms with Crippen molar-refractivity contribution in [1.29, 1.82) is 0 Å². The van der Waals surface area contributed by atoms with Crippen LogP contribution in [0.25, 0.3) is 0 Å². The van der Waals surface area contributed by atoms with E-state index in [1.165, 1.54) is 49.6 Å². The largest absolute Gasteiger partial charge is 0.495 e. The van der Waals surface area contributed by atoms with Crippen LogP contribution in [0, 0.1) is 15.9 Å². The summed E-state index contributed by atoms with van der Waals surface area (Å²) in [6.45, 7) is 0. The number of nitrogens with one attached hydrogen (secondary N) is 2. The number of thiocarbonyl (C=S) groups is 1. The van der Waals surface area contributed by atoms with Gasteiger partial charge in [-0.3, -0.25) is 10.1 Å². The van der Waals surface area contributed by atoms with Crippen molar-refractivity contribution in [3.8, 4) is 5.75 Å². The Morgan fingerprint density at radius 3 is 2.50 bits per heavy atom. The van der Waals surface area contributed by atoms with Gasteiger partial charge >= 0.3 is 0 Å². The quantitative estimate of drug-likeness (QED) is 0.509. The predicted molar refractivity (Wildman–Crippen MR) is 85.9 cm³/mol. The maximum atomic E-state index is 12.8. The van der Waals surface area contributed by atoms with Crippen molar-refractivity contribution >= 4 is 34.4 Å². The minimum Gasteiger partial charge on any atom is -0.495 e. The Bertz CT molecular complexity index is 707. The second-order valence-corrected chi connectivity index (χ2v) is 4.64. The fourth-order valence-corrected chi connectivity index (χ4v) is 1.95. The van der Waals surface area contributed by atoms with Crippen molar-refractivity contribution < 1.29 is 14.1 Å². The summed E-state index contributed by atoms with van der Waals surface area (Å²) >= 11 is 5.13. The van der Waals surface area contributed by atoms with Crippen molar-refractivity contribution in [2.24, 2.45) is 0 Å². The summed E-state index contributed by atoms with van der Waals surface area (Å²) in [7, 11) is 1.45. The normalized spacial score (nSPS) is 9.91. The van der Waals surface area contributed by atoms with Crippen LogP contribution in [-0.4, -0.2) is 17.1 Å². The van der Waals surface area contributed by atoms with Gasteiger partial charge in [-0.05, 0) is 42.5 Å². The van der Waals surface area contributed by atoms with E-state index in [2.05, 4.69) is 10.6 Å². The lowest BCUT2D eigenvalue weighted by Crippen LogP contribution is -2.19. The summed E-state index contributed by atoms with van der Waals surface area (Å²) in [6, 6.07) is 9.75. The average Bonchev–Trinajstić information content (AvgIpc) is 2.49. The van der Waals surface area contributed by atoms with Crippen LogP contribution in [-0.2, 0) is 0 Å². The molecule has 0 amide bonds. The minimum absolute atomic E-state index is 0.0899. The van der Waals surface area contributed by atoms with E-state index in [1.54, 1.807) is 0 Å². The first-order valence-corrected chi connectivity index (χ1v) is 6.56. The molecule has 8 heteroatoms. The summed E-state index contributed by atoms with van der Waals surface area (Å²) < 4.78 is 18.0. The third-order valence-corrected chi connectivity index (χ3v) is 2.95. The number of hydrogen-bond donors (Lipinski definition) is 2. The zero-order chi connectivity index (χ0) is 16.1. The molecule has 6 nitrogen and oxygen atoms in total. The highest BCUT2D eigenvalue weighted by molar-refractivity contribution is 7.80. The van der Waals surface area contributed by atoms with E-state index >= 15 is 0 Å². The Morgan fingerprint density at radius 2 is 1.91 bits per heavy atom. The van der Waals surface area contributed by atoms with Gasteiger partial charge in [0, 0.05) is 17.8 Å². The van der Waals surface area contributed by atoms with Crippen molar-refractivity contribution in [3.63, 3.8) is 0 Å². The molecule has 2 N–H and O–H groups in total. The lowest BCUT2D eigenvalue weighted by atomic mass is 10.2. The molecule has 0 radical (unpaired) electrons. The zero-order valence-corrected chi connectivity index (χ0v) is 12.3. The predicted octanol–water partition coefficient (Wildman–Crippen LogP) is 3.55. The summed E-state index contributed by atoms with van der Waals surface area (Å²) in [5, 5.41) is 16.7. The molecule has 0 aliphatic rings.